The molecule has 4 heteroatoms. The maximum absolute atomic E-state index is 5.63. The second kappa shape index (κ2) is 6.19. The van der Waals surface area contributed by atoms with E-state index in [1.165, 1.54) is 19.4 Å². The highest BCUT2D eigenvalue weighted by atomic mass is 16.5. The Balaban J connectivity index is 1.62. The van der Waals surface area contributed by atoms with Crippen LogP contribution in [0.1, 0.15) is 30.6 Å². The maximum atomic E-state index is 5.63. The highest BCUT2D eigenvalue weighted by Gasteiger charge is 2.19. The van der Waals surface area contributed by atoms with E-state index in [-0.39, 0.29) is 0 Å². The second-order valence-corrected chi connectivity index (χ2v) is 4.74. The minimum Gasteiger partial charge on any atom is -0.467 e. The fraction of sp³-hybridized carbons (Fsp3) is 0.692. The van der Waals surface area contributed by atoms with Crippen molar-refractivity contribution in [1.82, 2.24) is 4.90 Å². The molecule has 17 heavy (non-hydrogen) atoms. The third-order valence-electron chi connectivity index (χ3n) is 3.46. The summed E-state index contributed by atoms with van der Waals surface area (Å²) in [7, 11) is 2.19. The Morgan fingerprint density at radius 2 is 2.47 bits per heavy atom. The van der Waals surface area contributed by atoms with Gasteiger partial charge in [-0.3, -0.25) is 0 Å². The van der Waals surface area contributed by atoms with Crippen molar-refractivity contribution in [2.75, 3.05) is 20.2 Å². The zero-order valence-electron chi connectivity index (χ0n) is 10.5. The van der Waals surface area contributed by atoms with Gasteiger partial charge >= 0.3 is 0 Å². The minimum atomic E-state index is 0.524. The van der Waals surface area contributed by atoms with Gasteiger partial charge in [-0.15, -0.1) is 0 Å². The van der Waals surface area contributed by atoms with Gasteiger partial charge in [-0.1, -0.05) is 0 Å². The third kappa shape index (κ3) is 3.56. The molecule has 1 aromatic rings. The number of ether oxygens (including phenoxy) is 1. The van der Waals surface area contributed by atoms with Crippen LogP contribution in [0.15, 0.2) is 16.7 Å². The number of furan rings is 1. The Morgan fingerprint density at radius 3 is 3.12 bits per heavy atom. The lowest BCUT2D eigenvalue weighted by Gasteiger charge is -2.18. The van der Waals surface area contributed by atoms with Crippen LogP contribution in [-0.2, 0) is 17.9 Å². The largest absolute Gasteiger partial charge is 0.467 e. The molecular weight excluding hydrogens is 216 g/mol. The van der Waals surface area contributed by atoms with Crippen molar-refractivity contribution >= 4 is 0 Å². The SMILES string of the molecule is CN1CCCC1CCOCc1cc(CN)co1. The molecule has 1 aromatic heterocycles. The van der Waals surface area contributed by atoms with Gasteiger partial charge in [0.1, 0.15) is 12.4 Å². The number of likely N-dealkylation sites (tertiary alicyclic amines) is 1. The third-order valence-corrected chi connectivity index (χ3v) is 3.46. The lowest BCUT2D eigenvalue weighted by molar-refractivity contribution is 0.0894. The van der Waals surface area contributed by atoms with Crippen molar-refractivity contribution in [2.24, 2.45) is 5.73 Å². The average molecular weight is 238 g/mol. The molecule has 2 rings (SSSR count). The molecule has 1 fully saturated rings. The molecule has 96 valence electrons. The molecule has 2 heterocycles. The van der Waals surface area contributed by atoms with Crippen molar-refractivity contribution in [2.45, 2.75) is 38.5 Å². The molecule has 0 aromatic carbocycles. The van der Waals surface area contributed by atoms with Crippen molar-refractivity contribution in [3.63, 3.8) is 0 Å². The molecule has 1 unspecified atom stereocenters. The van der Waals surface area contributed by atoms with Gasteiger partial charge in [0.2, 0.25) is 0 Å². The van der Waals surface area contributed by atoms with Gasteiger partial charge in [-0.2, -0.15) is 0 Å². The Morgan fingerprint density at radius 1 is 1.59 bits per heavy atom. The summed E-state index contributed by atoms with van der Waals surface area (Å²) in [6.07, 6.45) is 5.43. The molecule has 0 amide bonds. The van der Waals surface area contributed by atoms with Gasteiger partial charge in [0.05, 0.1) is 6.26 Å². The van der Waals surface area contributed by atoms with E-state index in [9.17, 15) is 0 Å². The quantitative estimate of drug-likeness (QED) is 0.767. The van der Waals surface area contributed by atoms with E-state index in [1.807, 2.05) is 6.07 Å². The van der Waals surface area contributed by atoms with Crippen LogP contribution in [0.25, 0.3) is 0 Å². The second-order valence-electron chi connectivity index (χ2n) is 4.74. The Kier molecular flexibility index (Phi) is 4.59. The molecule has 0 radical (unpaired) electrons. The average Bonchev–Trinajstić information content (AvgIpc) is 2.94. The summed E-state index contributed by atoms with van der Waals surface area (Å²) in [5, 5.41) is 0. The van der Waals surface area contributed by atoms with Gasteiger partial charge in [0.25, 0.3) is 0 Å². The molecule has 1 saturated heterocycles. The summed E-state index contributed by atoms with van der Waals surface area (Å²) in [6.45, 7) is 3.10. The van der Waals surface area contributed by atoms with E-state index >= 15 is 0 Å². The van der Waals surface area contributed by atoms with Gasteiger partial charge in [0.15, 0.2) is 0 Å². The topological polar surface area (TPSA) is 51.6 Å². The van der Waals surface area contributed by atoms with Crippen LogP contribution in [0.2, 0.25) is 0 Å². The van der Waals surface area contributed by atoms with Crippen LogP contribution < -0.4 is 5.73 Å². The number of nitrogens with two attached hydrogens (primary N) is 1. The van der Waals surface area contributed by atoms with E-state index in [0.717, 1.165) is 24.4 Å². The molecule has 4 nitrogen and oxygen atoms in total. The molecule has 2 N–H and O–H groups in total. The van der Waals surface area contributed by atoms with E-state index in [0.29, 0.717) is 19.2 Å². The monoisotopic (exact) mass is 238 g/mol. The van der Waals surface area contributed by atoms with Crippen LogP contribution in [0.3, 0.4) is 0 Å². The normalized spacial score (nSPS) is 21.2. The smallest absolute Gasteiger partial charge is 0.129 e. The summed E-state index contributed by atoms with van der Waals surface area (Å²) in [4.78, 5) is 2.42. The zero-order valence-corrected chi connectivity index (χ0v) is 10.5. The lowest BCUT2D eigenvalue weighted by Crippen LogP contribution is -2.26. The van der Waals surface area contributed by atoms with Crippen molar-refractivity contribution in [1.29, 1.82) is 0 Å². The number of rotatable bonds is 6. The number of hydrogen-bond donors (Lipinski definition) is 1. The molecule has 1 aliphatic rings. The minimum absolute atomic E-state index is 0.524. The van der Waals surface area contributed by atoms with E-state index in [1.54, 1.807) is 6.26 Å². The van der Waals surface area contributed by atoms with Crippen LogP contribution in [0.5, 0.6) is 0 Å². The zero-order chi connectivity index (χ0) is 12.1. The Bertz CT molecular complexity index is 338. The molecule has 1 atom stereocenters. The maximum Gasteiger partial charge on any atom is 0.129 e. The van der Waals surface area contributed by atoms with Crippen molar-refractivity contribution in [3.8, 4) is 0 Å². The van der Waals surface area contributed by atoms with E-state index in [4.69, 9.17) is 14.9 Å². The van der Waals surface area contributed by atoms with Gasteiger partial charge in [-0.25, -0.2) is 0 Å². The van der Waals surface area contributed by atoms with Crippen LogP contribution >= 0.6 is 0 Å². The van der Waals surface area contributed by atoms with Gasteiger partial charge in [0, 0.05) is 24.8 Å². The van der Waals surface area contributed by atoms with Crippen molar-refractivity contribution in [3.05, 3.63) is 23.7 Å². The van der Waals surface area contributed by atoms with E-state index < -0.39 is 0 Å². The number of nitrogens with zero attached hydrogens (tertiary/aromatic N) is 1. The van der Waals surface area contributed by atoms with Crippen LogP contribution in [0, 0.1) is 0 Å². The first-order valence-electron chi connectivity index (χ1n) is 6.34. The number of hydrogen-bond acceptors (Lipinski definition) is 4. The van der Waals surface area contributed by atoms with E-state index in [2.05, 4.69) is 11.9 Å². The first kappa shape index (κ1) is 12.6. The van der Waals surface area contributed by atoms with Crippen LogP contribution in [0.4, 0.5) is 0 Å². The summed E-state index contributed by atoms with van der Waals surface area (Å²) in [5.74, 6) is 0.866. The molecule has 0 bridgehead atoms. The first-order valence-corrected chi connectivity index (χ1v) is 6.34. The predicted octanol–water partition coefficient (Wildman–Crippen LogP) is 1.74. The first-order chi connectivity index (χ1) is 8.29. The highest BCUT2D eigenvalue weighted by molar-refractivity contribution is 5.11. The molecule has 0 aliphatic carbocycles. The van der Waals surface area contributed by atoms with Gasteiger partial charge in [-0.05, 0) is 38.9 Å². The Hall–Kier alpha value is -0.840. The molecular formula is C13H22N2O2. The predicted molar refractivity (Wildman–Crippen MR) is 66.5 cm³/mol. The molecule has 0 saturated carbocycles. The summed E-state index contributed by atoms with van der Waals surface area (Å²) < 4.78 is 11.0. The standard InChI is InChI=1S/C13H22N2O2/c1-15-5-2-3-12(15)4-6-16-10-13-7-11(8-14)9-17-13/h7,9,12H,2-6,8,10,14H2,1H3. The lowest BCUT2D eigenvalue weighted by atomic mass is 10.1. The van der Waals surface area contributed by atoms with Crippen molar-refractivity contribution < 1.29 is 9.15 Å². The summed E-state index contributed by atoms with van der Waals surface area (Å²) in [6, 6.07) is 2.66. The molecule has 1 aliphatic heterocycles. The Labute approximate surface area is 103 Å². The molecule has 0 spiro atoms. The van der Waals surface area contributed by atoms with Gasteiger partial charge < -0.3 is 19.8 Å². The van der Waals surface area contributed by atoms with Crippen LogP contribution in [-0.4, -0.2) is 31.1 Å². The fourth-order valence-electron chi connectivity index (χ4n) is 2.35. The summed E-state index contributed by atoms with van der Waals surface area (Å²) in [5.41, 5.74) is 6.54. The summed E-state index contributed by atoms with van der Waals surface area (Å²) >= 11 is 0. The highest BCUT2D eigenvalue weighted by Crippen LogP contribution is 2.18. The fourth-order valence-corrected chi connectivity index (χ4v) is 2.35.